The van der Waals surface area contributed by atoms with Crippen LogP contribution in [0.3, 0.4) is 0 Å². The van der Waals surface area contributed by atoms with Gasteiger partial charge in [0.2, 0.25) is 0 Å². The Hall–Kier alpha value is -1.62. The molecule has 0 amide bonds. The van der Waals surface area contributed by atoms with Gasteiger partial charge in [0.05, 0.1) is 9.72 Å². The molecule has 0 unspecified atom stereocenters. The molecule has 5 heteroatoms. The fraction of sp³-hybridized carbons (Fsp3) is 0.0714. The first-order chi connectivity index (χ1) is 9.33. The third kappa shape index (κ3) is 2.87. The van der Waals surface area contributed by atoms with Crippen LogP contribution in [0.4, 0.5) is 5.13 Å². The Morgan fingerprint density at radius 2 is 1.89 bits per heavy atom. The van der Waals surface area contributed by atoms with Crippen LogP contribution >= 0.6 is 22.9 Å². The molecule has 2 N–H and O–H groups in total. The van der Waals surface area contributed by atoms with Crippen LogP contribution in [0.5, 0.6) is 0 Å². The molecule has 96 valence electrons. The maximum Gasteiger partial charge on any atom is 0.198 e. The highest BCUT2D eigenvalue weighted by Gasteiger charge is 2.05. The van der Waals surface area contributed by atoms with Crippen LogP contribution in [0, 0.1) is 0 Å². The summed E-state index contributed by atoms with van der Waals surface area (Å²) in [5.41, 5.74) is 8.32. The monoisotopic (exact) mass is 289 g/mol. The highest BCUT2D eigenvalue weighted by atomic mass is 35.5. The molecule has 0 aliphatic carbocycles. The second-order valence-electron chi connectivity index (χ2n) is 4.07. The van der Waals surface area contributed by atoms with Crippen LogP contribution in [0.25, 0.3) is 10.2 Å². The Morgan fingerprint density at radius 3 is 2.68 bits per heavy atom. The third-order valence-electron chi connectivity index (χ3n) is 2.70. The zero-order valence-electron chi connectivity index (χ0n) is 10.1. The van der Waals surface area contributed by atoms with Crippen molar-refractivity contribution in [3.63, 3.8) is 0 Å². The molecule has 0 fully saturated rings. The standard InChI is InChI=1S/C14H12ClN3S/c15-11-7-4-8-12-13(11)17-14(19-12)18-16-9-10-5-2-1-3-6-10/h1-8,16H,9H2,(H,17,18). The van der Waals surface area contributed by atoms with Crippen molar-refractivity contribution >= 4 is 38.3 Å². The number of para-hydroxylation sites is 1. The third-order valence-corrected chi connectivity index (χ3v) is 3.94. The molecule has 0 atom stereocenters. The highest BCUT2D eigenvalue weighted by molar-refractivity contribution is 7.22. The smallest absolute Gasteiger partial charge is 0.198 e. The predicted octanol–water partition coefficient (Wildman–Crippen LogP) is 4.07. The van der Waals surface area contributed by atoms with Crippen molar-refractivity contribution in [1.29, 1.82) is 0 Å². The first kappa shape index (κ1) is 12.4. The molecular weight excluding hydrogens is 278 g/mol. The van der Waals surface area contributed by atoms with Gasteiger partial charge in [-0.05, 0) is 17.7 Å². The minimum Gasteiger partial charge on any atom is -0.297 e. The predicted molar refractivity (Wildman–Crippen MR) is 81.5 cm³/mol. The molecule has 3 rings (SSSR count). The minimum absolute atomic E-state index is 0.685. The van der Waals surface area contributed by atoms with Gasteiger partial charge in [-0.1, -0.05) is 59.3 Å². The lowest BCUT2D eigenvalue weighted by Crippen LogP contribution is -2.20. The van der Waals surface area contributed by atoms with Crippen molar-refractivity contribution in [3.05, 3.63) is 59.1 Å². The molecule has 0 saturated carbocycles. The lowest BCUT2D eigenvalue weighted by atomic mass is 10.2. The van der Waals surface area contributed by atoms with Crippen LogP contribution in [0.15, 0.2) is 48.5 Å². The molecule has 2 aromatic carbocycles. The zero-order chi connectivity index (χ0) is 13.1. The van der Waals surface area contributed by atoms with Gasteiger partial charge in [0.15, 0.2) is 5.13 Å². The number of halogens is 1. The summed E-state index contributed by atoms with van der Waals surface area (Å²) in [7, 11) is 0. The minimum atomic E-state index is 0.685. The van der Waals surface area contributed by atoms with Crippen molar-refractivity contribution in [3.8, 4) is 0 Å². The summed E-state index contributed by atoms with van der Waals surface area (Å²) in [6.45, 7) is 0.741. The van der Waals surface area contributed by atoms with E-state index in [2.05, 4.69) is 28.0 Å². The largest absolute Gasteiger partial charge is 0.297 e. The number of nitrogens with zero attached hydrogens (tertiary/aromatic N) is 1. The van der Waals surface area contributed by atoms with Crippen molar-refractivity contribution < 1.29 is 0 Å². The van der Waals surface area contributed by atoms with Gasteiger partial charge in [0, 0.05) is 6.54 Å². The van der Waals surface area contributed by atoms with Crippen LogP contribution in [0.1, 0.15) is 5.56 Å². The van der Waals surface area contributed by atoms with E-state index in [0.717, 1.165) is 21.9 Å². The zero-order valence-corrected chi connectivity index (χ0v) is 11.6. The summed E-state index contributed by atoms with van der Waals surface area (Å²) in [6.07, 6.45) is 0. The molecule has 0 spiro atoms. The first-order valence-electron chi connectivity index (χ1n) is 5.91. The number of aromatic nitrogens is 1. The second-order valence-corrected chi connectivity index (χ2v) is 5.51. The fourth-order valence-electron chi connectivity index (χ4n) is 1.79. The van der Waals surface area contributed by atoms with Crippen LogP contribution < -0.4 is 10.9 Å². The van der Waals surface area contributed by atoms with Crippen LogP contribution in [-0.4, -0.2) is 4.98 Å². The van der Waals surface area contributed by atoms with E-state index in [0.29, 0.717) is 5.02 Å². The molecule has 0 saturated heterocycles. The number of hydrogen-bond acceptors (Lipinski definition) is 4. The average Bonchev–Trinajstić information content (AvgIpc) is 2.84. The first-order valence-corrected chi connectivity index (χ1v) is 7.10. The van der Waals surface area contributed by atoms with Crippen LogP contribution in [0.2, 0.25) is 5.02 Å². The number of anilines is 1. The molecule has 3 aromatic rings. The summed E-state index contributed by atoms with van der Waals surface area (Å²) >= 11 is 7.67. The number of thiazole rings is 1. The molecule has 3 nitrogen and oxygen atoms in total. The van der Waals surface area contributed by atoms with Gasteiger partial charge in [0.25, 0.3) is 0 Å². The lowest BCUT2D eigenvalue weighted by Gasteiger charge is -2.04. The molecule has 19 heavy (non-hydrogen) atoms. The van der Waals surface area contributed by atoms with Gasteiger partial charge in [-0.3, -0.25) is 5.43 Å². The number of fused-ring (bicyclic) bond motifs is 1. The molecule has 0 radical (unpaired) electrons. The van der Waals surface area contributed by atoms with Crippen molar-refractivity contribution in [2.75, 3.05) is 5.43 Å². The average molecular weight is 290 g/mol. The normalized spacial score (nSPS) is 10.8. The molecule has 1 heterocycles. The van der Waals surface area contributed by atoms with E-state index in [9.17, 15) is 0 Å². The highest BCUT2D eigenvalue weighted by Crippen LogP contribution is 2.30. The van der Waals surface area contributed by atoms with E-state index in [1.54, 1.807) is 11.3 Å². The molecule has 0 bridgehead atoms. The Balaban J connectivity index is 1.67. The van der Waals surface area contributed by atoms with Gasteiger partial charge in [0.1, 0.15) is 5.52 Å². The quantitative estimate of drug-likeness (QED) is 0.711. The number of hydrogen-bond donors (Lipinski definition) is 2. The number of rotatable bonds is 4. The summed E-state index contributed by atoms with van der Waals surface area (Å²) in [4.78, 5) is 4.46. The summed E-state index contributed by atoms with van der Waals surface area (Å²) in [5.74, 6) is 0. The Morgan fingerprint density at radius 1 is 1.05 bits per heavy atom. The lowest BCUT2D eigenvalue weighted by molar-refractivity contribution is 0.800. The van der Waals surface area contributed by atoms with Crippen molar-refractivity contribution in [2.24, 2.45) is 0 Å². The number of nitrogens with one attached hydrogen (secondary N) is 2. The van der Waals surface area contributed by atoms with E-state index < -0.39 is 0 Å². The van der Waals surface area contributed by atoms with E-state index in [-0.39, 0.29) is 0 Å². The van der Waals surface area contributed by atoms with Gasteiger partial charge < -0.3 is 0 Å². The SMILES string of the molecule is Clc1cccc2sc(NNCc3ccccc3)nc12. The maximum atomic E-state index is 6.10. The number of hydrazine groups is 1. The van der Waals surface area contributed by atoms with Crippen molar-refractivity contribution in [1.82, 2.24) is 10.4 Å². The van der Waals surface area contributed by atoms with Gasteiger partial charge in [-0.15, -0.1) is 0 Å². The second kappa shape index (κ2) is 5.57. The molecule has 1 aromatic heterocycles. The van der Waals surface area contributed by atoms with Gasteiger partial charge >= 0.3 is 0 Å². The molecule has 0 aliphatic heterocycles. The Bertz CT molecular complexity index is 681. The van der Waals surface area contributed by atoms with E-state index in [4.69, 9.17) is 11.6 Å². The van der Waals surface area contributed by atoms with E-state index in [1.165, 1.54) is 5.56 Å². The topological polar surface area (TPSA) is 37.0 Å². The van der Waals surface area contributed by atoms with Crippen molar-refractivity contribution in [2.45, 2.75) is 6.54 Å². The summed E-state index contributed by atoms with van der Waals surface area (Å²) < 4.78 is 1.08. The van der Waals surface area contributed by atoms with E-state index in [1.807, 2.05) is 36.4 Å². The van der Waals surface area contributed by atoms with E-state index >= 15 is 0 Å². The Labute approximate surface area is 120 Å². The number of benzene rings is 2. The maximum absolute atomic E-state index is 6.10. The summed E-state index contributed by atoms with van der Waals surface area (Å²) in [5, 5.41) is 1.50. The fourth-order valence-corrected chi connectivity index (χ4v) is 2.93. The van der Waals surface area contributed by atoms with Gasteiger partial charge in [-0.25, -0.2) is 10.4 Å². The molecule has 0 aliphatic rings. The summed E-state index contributed by atoms with van der Waals surface area (Å²) in [6, 6.07) is 16.0. The molecular formula is C14H12ClN3S. The Kier molecular flexibility index (Phi) is 3.64. The van der Waals surface area contributed by atoms with Crippen LogP contribution in [-0.2, 0) is 6.54 Å². The van der Waals surface area contributed by atoms with Gasteiger partial charge in [-0.2, -0.15) is 0 Å².